The minimum absolute atomic E-state index is 0.166. The van der Waals surface area contributed by atoms with E-state index >= 15 is 0 Å². The van der Waals surface area contributed by atoms with Gasteiger partial charge in [-0.3, -0.25) is 0 Å². The first kappa shape index (κ1) is 21.3. The van der Waals surface area contributed by atoms with Gasteiger partial charge in [-0.2, -0.15) is 0 Å². The van der Waals surface area contributed by atoms with Crippen molar-refractivity contribution in [1.29, 1.82) is 0 Å². The number of fused-ring (bicyclic) bond motifs is 1. The third-order valence-electron chi connectivity index (χ3n) is 7.55. The number of hydrogen-bond acceptors (Lipinski definition) is 5. The lowest BCUT2D eigenvalue weighted by Crippen LogP contribution is -2.43. The molecular weight excluding hydrogens is 420 g/mol. The molecule has 0 atom stereocenters. The molecule has 2 aliphatic rings. The fourth-order valence-electron chi connectivity index (χ4n) is 5.28. The van der Waals surface area contributed by atoms with Crippen LogP contribution in [0, 0.1) is 0 Å². The fourth-order valence-corrected chi connectivity index (χ4v) is 5.28. The van der Waals surface area contributed by atoms with Crippen molar-refractivity contribution in [2.45, 2.75) is 43.7 Å². The molecule has 1 saturated heterocycles. The van der Waals surface area contributed by atoms with Gasteiger partial charge in [0.15, 0.2) is 0 Å². The van der Waals surface area contributed by atoms with Crippen LogP contribution in [0.1, 0.15) is 37.7 Å². The summed E-state index contributed by atoms with van der Waals surface area (Å²) in [7, 11) is 0. The Hall–Kier alpha value is -3.28. The third kappa shape index (κ3) is 3.75. The van der Waals surface area contributed by atoms with Crippen LogP contribution >= 0.6 is 0 Å². The van der Waals surface area contributed by atoms with E-state index in [1.165, 1.54) is 12.0 Å². The highest BCUT2D eigenvalue weighted by molar-refractivity contribution is 5.97. The van der Waals surface area contributed by atoms with Gasteiger partial charge < -0.3 is 15.7 Å². The topological polar surface area (TPSA) is 75.3 Å². The lowest BCUT2D eigenvalue weighted by atomic mass is 9.72. The van der Waals surface area contributed by atoms with Gasteiger partial charge in [0.05, 0.1) is 17.3 Å². The molecule has 1 aliphatic heterocycles. The second-order valence-corrected chi connectivity index (χ2v) is 9.76. The van der Waals surface area contributed by atoms with E-state index in [-0.39, 0.29) is 11.6 Å². The molecule has 34 heavy (non-hydrogen) atoms. The van der Waals surface area contributed by atoms with E-state index in [1.807, 2.05) is 18.3 Å². The molecule has 0 bridgehead atoms. The van der Waals surface area contributed by atoms with E-state index in [4.69, 9.17) is 15.7 Å². The zero-order valence-corrected chi connectivity index (χ0v) is 19.3. The number of piperidine rings is 1. The summed E-state index contributed by atoms with van der Waals surface area (Å²) in [5.74, 6) is 0.950. The van der Waals surface area contributed by atoms with Gasteiger partial charge in [-0.05, 0) is 55.4 Å². The van der Waals surface area contributed by atoms with Crippen LogP contribution in [0.4, 0.5) is 5.82 Å². The van der Waals surface area contributed by atoms with Crippen LogP contribution in [-0.2, 0) is 5.54 Å². The zero-order valence-electron chi connectivity index (χ0n) is 19.3. The van der Waals surface area contributed by atoms with Gasteiger partial charge in [0.25, 0.3) is 0 Å². The van der Waals surface area contributed by atoms with E-state index in [1.54, 1.807) is 0 Å². The van der Waals surface area contributed by atoms with Crippen molar-refractivity contribution < 1.29 is 5.11 Å². The summed E-state index contributed by atoms with van der Waals surface area (Å²) in [6.07, 6.45) is 6.48. The molecule has 5 nitrogen and oxygen atoms in total. The first-order chi connectivity index (χ1) is 16.6. The van der Waals surface area contributed by atoms with Crippen molar-refractivity contribution in [2.24, 2.45) is 5.73 Å². The first-order valence-electron chi connectivity index (χ1n) is 12.3. The number of hydrogen-bond donors (Lipinski definition) is 2. The quantitative estimate of drug-likeness (QED) is 0.443. The van der Waals surface area contributed by atoms with Crippen LogP contribution in [0.25, 0.3) is 33.3 Å². The highest BCUT2D eigenvalue weighted by atomic mass is 16.3. The fraction of sp³-hybridized carbons (Fsp3) is 0.310. The number of aliphatic hydroxyl groups is 1. The Kier molecular flexibility index (Phi) is 5.31. The Morgan fingerprint density at radius 1 is 0.912 bits per heavy atom. The molecule has 1 aliphatic carbocycles. The van der Waals surface area contributed by atoms with E-state index in [0.29, 0.717) is 0 Å². The summed E-state index contributed by atoms with van der Waals surface area (Å²) in [4.78, 5) is 12.2. The molecule has 3 N–H and O–H groups in total. The number of benzene rings is 2. The molecule has 5 heteroatoms. The van der Waals surface area contributed by atoms with Crippen LogP contribution in [0.3, 0.4) is 0 Å². The number of nitrogens with zero attached hydrogens (tertiary/aromatic N) is 3. The van der Waals surface area contributed by atoms with Gasteiger partial charge in [0.1, 0.15) is 5.82 Å². The minimum atomic E-state index is -0.216. The first-order valence-corrected chi connectivity index (χ1v) is 12.3. The normalized spacial score (nSPS) is 18.1. The average molecular weight is 451 g/mol. The highest BCUT2D eigenvalue weighted by Crippen LogP contribution is 2.40. The van der Waals surface area contributed by atoms with Crippen molar-refractivity contribution >= 4 is 16.7 Å². The molecule has 2 fully saturated rings. The van der Waals surface area contributed by atoms with E-state index < -0.39 is 0 Å². The molecule has 2 aromatic carbocycles. The predicted molar refractivity (Wildman–Crippen MR) is 138 cm³/mol. The summed E-state index contributed by atoms with van der Waals surface area (Å²) >= 11 is 0. The summed E-state index contributed by atoms with van der Waals surface area (Å²) in [6.45, 7) is 1.61. The van der Waals surface area contributed by atoms with Gasteiger partial charge in [-0.1, -0.05) is 54.6 Å². The summed E-state index contributed by atoms with van der Waals surface area (Å²) < 4.78 is 0. The lowest BCUT2D eigenvalue weighted by molar-refractivity contribution is 0.145. The van der Waals surface area contributed by atoms with E-state index in [2.05, 4.69) is 59.5 Å². The van der Waals surface area contributed by atoms with Crippen LogP contribution < -0.4 is 10.6 Å². The molecule has 2 aromatic heterocycles. The smallest absolute Gasteiger partial charge is 0.138 e. The number of aromatic nitrogens is 2. The number of nitrogens with two attached hydrogens (primary N) is 1. The Balaban J connectivity index is 1.48. The molecule has 0 radical (unpaired) electrons. The van der Waals surface area contributed by atoms with Crippen molar-refractivity contribution in [2.75, 3.05) is 18.0 Å². The third-order valence-corrected chi connectivity index (χ3v) is 7.55. The Labute approximate surface area is 200 Å². The van der Waals surface area contributed by atoms with Gasteiger partial charge in [0, 0.05) is 41.3 Å². The molecule has 0 amide bonds. The molecule has 3 heterocycles. The summed E-state index contributed by atoms with van der Waals surface area (Å²) in [5.41, 5.74) is 12.8. The second kappa shape index (κ2) is 8.49. The van der Waals surface area contributed by atoms with Crippen LogP contribution in [-0.4, -0.2) is 34.3 Å². The summed E-state index contributed by atoms with van der Waals surface area (Å²) in [6, 6.07) is 23.4. The van der Waals surface area contributed by atoms with Gasteiger partial charge >= 0.3 is 0 Å². The molecule has 1 saturated carbocycles. The minimum Gasteiger partial charge on any atom is -0.393 e. The van der Waals surface area contributed by atoms with Crippen molar-refractivity contribution in [3.05, 3.63) is 78.5 Å². The molecule has 0 spiro atoms. The molecule has 172 valence electrons. The standard InChI is InChI=1S/C29H30N4O/c30-29(14-4-15-29)22-9-7-21(8-10-22)27-24(20-5-2-1-3-6-20)19-25-26(32-27)11-16-31-28(25)33-17-12-23(34)13-18-33/h1-3,5-11,16,19,23,34H,4,12-15,17-18,30H2. The van der Waals surface area contributed by atoms with Crippen LogP contribution in [0.2, 0.25) is 0 Å². The van der Waals surface area contributed by atoms with Crippen LogP contribution in [0.15, 0.2) is 72.9 Å². The lowest BCUT2D eigenvalue weighted by Gasteiger charge is -2.38. The average Bonchev–Trinajstić information content (AvgIpc) is 2.87. The number of anilines is 1. The van der Waals surface area contributed by atoms with Gasteiger partial charge in [-0.15, -0.1) is 0 Å². The second-order valence-electron chi connectivity index (χ2n) is 9.76. The number of rotatable bonds is 4. The SMILES string of the molecule is NC1(c2ccc(-c3nc4ccnc(N5CCC(O)CC5)c4cc3-c3ccccc3)cc2)CCC1. The molecule has 6 rings (SSSR count). The Morgan fingerprint density at radius 2 is 1.65 bits per heavy atom. The highest BCUT2D eigenvalue weighted by Gasteiger charge is 2.34. The van der Waals surface area contributed by atoms with Crippen molar-refractivity contribution in [1.82, 2.24) is 9.97 Å². The predicted octanol–water partition coefficient (Wildman–Crippen LogP) is 5.26. The monoisotopic (exact) mass is 450 g/mol. The maximum absolute atomic E-state index is 9.96. The Bertz CT molecular complexity index is 1310. The maximum atomic E-state index is 9.96. The molecule has 0 unspecified atom stereocenters. The van der Waals surface area contributed by atoms with Crippen molar-refractivity contribution in [3.63, 3.8) is 0 Å². The Morgan fingerprint density at radius 3 is 2.32 bits per heavy atom. The van der Waals surface area contributed by atoms with E-state index in [0.717, 1.165) is 77.9 Å². The van der Waals surface area contributed by atoms with Crippen LogP contribution in [0.5, 0.6) is 0 Å². The molecule has 4 aromatic rings. The van der Waals surface area contributed by atoms with Crippen molar-refractivity contribution in [3.8, 4) is 22.4 Å². The molecular formula is C29H30N4O. The van der Waals surface area contributed by atoms with Gasteiger partial charge in [0.2, 0.25) is 0 Å². The number of aliphatic hydroxyl groups excluding tert-OH is 1. The number of pyridine rings is 2. The van der Waals surface area contributed by atoms with E-state index in [9.17, 15) is 5.11 Å². The van der Waals surface area contributed by atoms with Gasteiger partial charge in [-0.25, -0.2) is 9.97 Å². The maximum Gasteiger partial charge on any atom is 0.138 e. The summed E-state index contributed by atoms with van der Waals surface area (Å²) in [5, 5.41) is 11.0. The largest absolute Gasteiger partial charge is 0.393 e. The zero-order chi connectivity index (χ0) is 23.1.